The van der Waals surface area contributed by atoms with Crippen LogP contribution in [-0.2, 0) is 21.2 Å². The fraction of sp³-hybridized carbons (Fsp3) is 0.219. The lowest BCUT2D eigenvalue weighted by molar-refractivity contribution is -0.115. The Kier molecular flexibility index (Phi) is 9.03. The number of amides is 1. The summed E-state index contributed by atoms with van der Waals surface area (Å²) in [4.78, 5) is 28.3. The number of ether oxygens (including phenoxy) is 2. The molecule has 3 aromatic carbocycles. The smallest absolute Gasteiger partial charge is 0.337 e. The molecule has 1 aliphatic rings. The van der Waals surface area contributed by atoms with E-state index < -0.39 is 21.5 Å². The molecule has 0 unspecified atom stereocenters. The number of nitrogens with one attached hydrogen (secondary N) is 2. The second-order valence-electron chi connectivity index (χ2n) is 10.3. The molecule has 3 N–H and O–H groups in total. The van der Waals surface area contributed by atoms with Crippen LogP contribution in [0.15, 0.2) is 102 Å². The molecule has 222 valence electrons. The second-order valence-corrected chi connectivity index (χ2v) is 12.0. The molecule has 0 spiro atoms. The van der Waals surface area contributed by atoms with E-state index in [1.54, 1.807) is 78.9 Å². The molecular formula is C32H31N3O7S. The molecule has 1 heterocycles. The summed E-state index contributed by atoms with van der Waals surface area (Å²) in [5.41, 5.74) is 0.198. The van der Waals surface area contributed by atoms with Crippen LogP contribution in [0.1, 0.15) is 41.6 Å². The van der Waals surface area contributed by atoms with Gasteiger partial charge in [0.2, 0.25) is 21.8 Å². The summed E-state index contributed by atoms with van der Waals surface area (Å²) >= 11 is 0. The summed E-state index contributed by atoms with van der Waals surface area (Å²) in [6, 6.07) is 24.8. The lowest BCUT2D eigenvalue weighted by Gasteiger charge is -2.30. The summed E-state index contributed by atoms with van der Waals surface area (Å²) in [7, 11) is -3.68. The third-order valence-electron chi connectivity index (χ3n) is 7.12. The Morgan fingerprint density at radius 2 is 1.53 bits per heavy atom. The highest BCUT2D eigenvalue weighted by molar-refractivity contribution is 7.89. The maximum absolute atomic E-state index is 13.0. The first-order valence-corrected chi connectivity index (χ1v) is 15.3. The Hall–Kier alpha value is -4.74. The number of aromatic carboxylic acids is 1. The highest BCUT2D eigenvalue weighted by Gasteiger charge is 2.39. The van der Waals surface area contributed by atoms with Crippen molar-refractivity contribution in [1.29, 1.82) is 0 Å². The number of pyridine rings is 1. The number of aromatic nitrogens is 1. The molecule has 10 nitrogen and oxygen atoms in total. The predicted octanol–water partition coefficient (Wildman–Crippen LogP) is 5.42. The van der Waals surface area contributed by atoms with Crippen LogP contribution < -0.4 is 19.5 Å². The van der Waals surface area contributed by atoms with Crippen LogP contribution in [-0.4, -0.2) is 42.5 Å². The van der Waals surface area contributed by atoms with Crippen LogP contribution in [0.25, 0.3) is 0 Å². The maximum atomic E-state index is 13.0. The molecule has 0 radical (unpaired) electrons. The largest absolute Gasteiger partial charge is 0.492 e. The number of hydrogen-bond donors (Lipinski definition) is 3. The van der Waals surface area contributed by atoms with E-state index in [1.165, 1.54) is 18.3 Å². The van der Waals surface area contributed by atoms with Crippen molar-refractivity contribution in [2.24, 2.45) is 0 Å². The number of anilines is 1. The number of carbonyl (C=O) groups excluding carboxylic acids is 1. The monoisotopic (exact) mass is 601 g/mol. The average Bonchev–Trinajstić information content (AvgIpc) is 3.46. The molecule has 1 aliphatic carbocycles. The topological polar surface area (TPSA) is 144 Å². The Morgan fingerprint density at radius 1 is 0.860 bits per heavy atom. The first kappa shape index (κ1) is 29.7. The molecule has 1 saturated carbocycles. The van der Waals surface area contributed by atoms with Gasteiger partial charge in [0.05, 0.1) is 28.1 Å². The fourth-order valence-electron chi connectivity index (χ4n) is 4.95. The minimum atomic E-state index is -3.68. The van der Waals surface area contributed by atoms with E-state index in [9.17, 15) is 23.1 Å². The third kappa shape index (κ3) is 7.76. The number of rotatable bonds is 12. The molecule has 0 saturated heterocycles. The normalized spacial score (nSPS) is 14.1. The lowest BCUT2D eigenvalue weighted by atomic mass is 10.0. The minimum absolute atomic E-state index is 0.0102. The number of carbonyl (C=O) groups is 2. The van der Waals surface area contributed by atoms with Gasteiger partial charge in [0.1, 0.15) is 18.1 Å². The van der Waals surface area contributed by atoms with Gasteiger partial charge in [0, 0.05) is 12.3 Å². The Balaban J connectivity index is 1.14. The zero-order valence-electron chi connectivity index (χ0n) is 23.2. The van der Waals surface area contributed by atoms with Gasteiger partial charge in [0.15, 0.2) is 0 Å². The number of carboxylic acid groups (broad SMARTS) is 1. The van der Waals surface area contributed by atoms with E-state index in [0.29, 0.717) is 35.8 Å². The van der Waals surface area contributed by atoms with E-state index in [4.69, 9.17) is 9.47 Å². The van der Waals surface area contributed by atoms with E-state index in [2.05, 4.69) is 15.0 Å². The second kappa shape index (κ2) is 13.1. The molecule has 1 aromatic heterocycles. The zero-order chi connectivity index (χ0) is 30.3. The lowest BCUT2D eigenvalue weighted by Crippen LogP contribution is -2.50. The van der Waals surface area contributed by atoms with Gasteiger partial charge in [0.25, 0.3) is 0 Å². The first-order chi connectivity index (χ1) is 20.7. The van der Waals surface area contributed by atoms with Crippen LogP contribution >= 0.6 is 0 Å². The van der Waals surface area contributed by atoms with E-state index in [-0.39, 0.29) is 35.1 Å². The molecule has 11 heteroatoms. The van der Waals surface area contributed by atoms with E-state index in [0.717, 1.165) is 12.8 Å². The van der Waals surface area contributed by atoms with Crippen molar-refractivity contribution in [3.8, 4) is 17.4 Å². The first-order valence-electron chi connectivity index (χ1n) is 13.8. The summed E-state index contributed by atoms with van der Waals surface area (Å²) in [5, 5.41) is 11.9. The standard InChI is InChI=1S/C32H31N3O7S/c36-29(34-28-11-5-4-10-27(28)31(37)38)20-23-12-17-30(33-21-23)42-25-15-13-24(14-16-25)41-22-32(18-6-7-19-32)35-43(39,40)26-8-2-1-3-9-26/h1-5,8-17,21,35H,6-7,18-20,22H2,(H,34,36)(H,37,38). The maximum Gasteiger partial charge on any atom is 0.337 e. The Bertz CT molecular complexity index is 1670. The van der Waals surface area contributed by atoms with Crippen LogP contribution in [0.2, 0.25) is 0 Å². The van der Waals surface area contributed by atoms with Crippen LogP contribution in [0, 0.1) is 0 Å². The highest BCUT2D eigenvalue weighted by atomic mass is 32.2. The van der Waals surface area contributed by atoms with Gasteiger partial charge in [-0.25, -0.2) is 22.9 Å². The van der Waals surface area contributed by atoms with Gasteiger partial charge in [-0.05, 0) is 66.9 Å². The summed E-state index contributed by atoms with van der Waals surface area (Å²) in [6.07, 6.45) is 4.76. The van der Waals surface area contributed by atoms with Gasteiger partial charge in [-0.1, -0.05) is 49.2 Å². The fourth-order valence-corrected chi connectivity index (χ4v) is 6.42. The van der Waals surface area contributed by atoms with Crippen molar-refractivity contribution in [3.05, 3.63) is 108 Å². The molecule has 43 heavy (non-hydrogen) atoms. The van der Waals surface area contributed by atoms with Crippen LogP contribution in [0.5, 0.6) is 17.4 Å². The Labute approximate surface area is 249 Å². The molecule has 0 aliphatic heterocycles. The number of sulfonamides is 1. The average molecular weight is 602 g/mol. The van der Waals surface area contributed by atoms with Crippen molar-refractivity contribution in [1.82, 2.24) is 9.71 Å². The third-order valence-corrected chi connectivity index (χ3v) is 8.71. The minimum Gasteiger partial charge on any atom is -0.492 e. The van der Waals surface area contributed by atoms with Crippen molar-refractivity contribution >= 4 is 27.6 Å². The molecule has 5 rings (SSSR count). The van der Waals surface area contributed by atoms with E-state index >= 15 is 0 Å². The SMILES string of the molecule is O=C(Cc1ccc(Oc2ccc(OCC3(NS(=O)(=O)c4ccccc4)CCCC3)cc2)nc1)Nc1ccccc1C(=O)O. The summed E-state index contributed by atoms with van der Waals surface area (Å²) < 4.78 is 40.7. The van der Waals surface area contributed by atoms with Gasteiger partial charge in [-0.15, -0.1) is 0 Å². The quantitative estimate of drug-likeness (QED) is 0.195. The predicted molar refractivity (Wildman–Crippen MR) is 160 cm³/mol. The van der Waals surface area contributed by atoms with Crippen molar-refractivity contribution in [2.45, 2.75) is 42.5 Å². The van der Waals surface area contributed by atoms with Crippen molar-refractivity contribution in [3.63, 3.8) is 0 Å². The molecule has 1 fully saturated rings. The van der Waals surface area contributed by atoms with Crippen molar-refractivity contribution < 1.29 is 32.6 Å². The number of nitrogens with zero attached hydrogens (tertiary/aromatic N) is 1. The summed E-state index contributed by atoms with van der Waals surface area (Å²) in [5.74, 6) is -0.0590. The Morgan fingerprint density at radius 3 is 2.21 bits per heavy atom. The van der Waals surface area contributed by atoms with Gasteiger partial charge in [-0.2, -0.15) is 0 Å². The summed E-state index contributed by atoms with van der Waals surface area (Å²) in [6.45, 7) is 0.206. The van der Waals surface area contributed by atoms with Crippen LogP contribution in [0.3, 0.4) is 0 Å². The molecule has 1 amide bonds. The molecule has 0 atom stereocenters. The van der Waals surface area contributed by atoms with Crippen LogP contribution in [0.4, 0.5) is 5.69 Å². The van der Waals surface area contributed by atoms with Gasteiger partial charge >= 0.3 is 5.97 Å². The number of para-hydroxylation sites is 1. The molecular weight excluding hydrogens is 570 g/mol. The number of benzene rings is 3. The van der Waals surface area contributed by atoms with Gasteiger partial charge < -0.3 is 19.9 Å². The van der Waals surface area contributed by atoms with E-state index in [1.807, 2.05) is 0 Å². The number of carboxylic acids is 1. The number of hydrogen-bond acceptors (Lipinski definition) is 7. The van der Waals surface area contributed by atoms with Gasteiger partial charge in [-0.3, -0.25) is 4.79 Å². The molecule has 4 aromatic rings. The zero-order valence-corrected chi connectivity index (χ0v) is 24.0. The molecule has 0 bridgehead atoms. The highest BCUT2D eigenvalue weighted by Crippen LogP contribution is 2.33. The van der Waals surface area contributed by atoms with Crippen molar-refractivity contribution in [2.75, 3.05) is 11.9 Å².